The highest BCUT2D eigenvalue weighted by Gasteiger charge is 2.23. The summed E-state index contributed by atoms with van der Waals surface area (Å²) in [7, 11) is 0. The summed E-state index contributed by atoms with van der Waals surface area (Å²) in [5.74, 6) is -0.183. The molecular weight excluding hydrogens is 376 g/mol. The third kappa shape index (κ3) is 5.38. The first-order valence-electron chi connectivity index (χ1n) is 8.83. The van der Waals surface area contributed by atoms with Crippen molar-refractivity contribution < 1.29 is 18.3 Å². The maximum atomic E-state index is 12.4. The van der Waals surface area contributed by atoms with Crippen LogP contribution in [0.5, 0.6) is 5.75 Å². The lowest BCUT2D eigenvalue weighted by Gasteiger charge is -2.22. The van der Waals surface area contributed by atoms with E-state index in [1.807, 2.05) is 4.68 Å². The molecule has 0 unspecified atom stereocenters. The van der Waals surface area contributed by atoms with Gasteiger partial charge in [0.05, 0.1) is 11.3 Å². The molecule has 10 heteroatoms. The lowest BCUT2D eigenvalue weighted by Crippen LogP contribution is -2.23. The van der Waals surface area contributed by atoms with Gasteiger partial charge in [-0.25, -0.2) is 4.68 Å². The topological polar surface area (TPSA) is 81.9 Å². The minimum absolute atomic E-state index is 0.0390. The average Bonchev–Trinajstić information content (AvgIpc) is 3.11. The van der Waals surface area contributed by atoms with Gasteiger partial charge in [-0.2, -0.15) is 8.78 Å². The highest BCUT2D eigenvalue weighted by molar-refractivity contribution is 8.00. The highest BCUT2D eigenvalue weighted by atomic mass is 32.2. The van der Waals surface area contributed by atoms with E-state index in [0.29, 0.717) is 10.8 Å². The molecule has 0 spiro atoms. The van der Waals surface area contributed by atoms with Gasteiger partial charge in [-0.3, -0.25) is 4.79 Å². The second-order valence-electron chi connectivity index (χ2n) is 6.35. The molecule has 1 amide bonds. The van der Waals surface area contributed by atoms with Crippen LogP contribution in [0.15, 0.2) is 29.4 Å². The van der Waals surface area contributed by atoms with Crippen molar-refractivity contribution in [3.8, 4) is 5.75 Å². The van der Waals surface area contributed by atoms with Crippen molar-refractivity contribution in [1.82, 2.24) is 20.2 Å². The van der Waals surface area contributed by atoms with Crippen molar-refractivity contribution in [2.24, 2.45) is 0 Å². The number of thioether (sulfide) groups is 1. The van der Waals surface area contributed by atoms with Crippen LogP contribution in [0.1, 0.15) is 45.1 Å². The summed E-state index contributed by atoms with van der Waals surface area (Å²) in [5, 5.41) is 14.9. The van der Waals surface area contributed by atoms with Crippen molar-refractivity contribution in [2.75, 3.05) is 5.32 Å². The molecule has 1 heterocycles. The summed E-state index contributed by atoms with van der Waals surface area (Å²) in [4.78, 5) is 12.4. The third-order valence-electron chi connectivity index (χ3n) is 4.38. The van der Waals surface area contributed by atoms with Crippen LogP contribution >= 0.6 is 11.8 Å². The molecule has 146 valence electrons. The Labute approximate surface area is 159 Å². The molecule has 3 rings (SSSR count). The quantitative estimate of drug-likeness (QED) is 0.714. The zero-order valence-corrected chi connectivity index (χ0v) is 15.7. The van der Waals surface area contributed by atoms with Gasteiger partial charge < -0.3 is 10.1 Å². The fourth-order valence-electron chi connectivity index (χ4n) is 2.99. The van der Waals surface area contributed by atoms with Crippen LogP contribution in [0.4, 0.5) is 14.5 Å². The smallest absolute Gasteiger partial charge is 0.387 e. The summed E-state index contributed by atoms with van der Waals surface area (Å²) in [5.41, 5.74) is 0.501. The SMILES string of the molecule is C[C@@H](Sc1nnnn1C1CCCCC1)C(=O)Nc1ccc(OC(F)F)cc1. The van der Waals surface area contributed by atoms with Gasteiger partial charge in [0.2, 0.25) is 11.1 Å². The summed E-state index contributed by atoms with van der Waals surface area (Å²) in [6, 6.07) is 6.07. The van der Waals surface area contributed by atoms with E-state index in [-0.39, 0.29) is 17.7 Å². The first kappa shape index (κ1) is 19.5. The van der Waals surface area contributed by atoms with Crippen LogP contribution in [0.25, 0.3) is 0 Å². The zero-order valence-electron chi connectivity index (χ0n) is 14.8. The molecule has 1 atom stereocenters. The van der Waals surface area contributed by atoms with Crippen molar-refractivity contribution >= 4 is 23.4 Å². The van der Waals surface area contributed by atoms with Crippen molar-refractivity contribution in [3.05, 3.63) is 24.3 Å². The molecule has 1 aliphatic carbocycles. The van der Waals surface area contributed by atoms with E-state index >= 15 is 0 Å². The van der Waals surface area contributed by atoms with Gasteiger partial charge in [-0.05, 0) is 54.5 Å². The minimum atomic E-state index is -2.88. The van der Waals surface area contributed by atoms with Gasteiger partial charge in [0, 0.05) is 5.69 Å². The predicted octanol–water partition coefficient (Wildman–Crippen LogP) is 3.90. The van der Waals surface area contributed by atoms with E-state index in [1.165, 1.54) is 42.4 Å². The number of amides is 1. The Morgan fingerprint density at radius 1 is 1.26 bits per heavy atom. The van der Waals surface area contributed by atoms with Gasteiger partial charge >= 0.3 is 6.61 Å². The molecule has 2 aromatic rings. The van der Waals surface area contributed by atoms with Crippen LogP contribution in [-0.4, -0.2) is 38.0 Å². The Kier molecular flexibility index (Phi) is 6.59. The summed E-state index contributed by atoms with van der Waals surface area (Å²) < 4.78 is 30.5. The van der Waals surface area contributed by atoms with Gasteiger partial charge in [-0.1, -0.05) is 31.0 Å². The molecule has 0 saturated heterocycles. The molecule has 0 bridgehead atoms. The Morgan fingerprint density at radius 3 is 2.63 bits per heavy atom. The number of ether oxygens (including phenoxy) is 1. The van der Waals surface area contributed by atoms with Gasteiger partial charge in [0.15, 0.2) is 0 Å². The summed E-state index contributed by atoms with van der Waals surface area (Å²) in [6.07, 6.45) is 5.66. The number of tetrazole rings is 1. The number of benzene rings is 1. The van der Waals surface area contributed by atoms with Gasteiger partial charge in [0.1, 0.15) is 5.75 Å². The first-order valence-corrected chi connectivity index (χ1v) is 9.71. The van der Waals surface area contributed by atoms with Crippen LogP contribution in [0.3, 0.4) is 0 Å². The molecule has 7 nitrogen and oxygen atoms in total. The van der Waals surface area contributed by atoms with E-state index < -0.39 is 11.9 Å². The number of nitrogens with one attached hydrogen (secondary N) is 1. The fraction of sp³-hybridized carbons (Fsp3) is 0.529. The Bertz CT molecular complexity index is 750. The first-order chi connectivity index (χ1) is 13.0. The normalized spacial score (nSPS) is 16.3. The highest BCUT2D eigenvalue weighted by Crippen LogP contribution is 2.31. The van der Waals surface area contributed by atoms with Crippen LogP contribution in [0, 0.1) is 0 Å². The van der Waals surface area contributed by atoms with Crippen LogP contribution < -0.4 is 10.1 Å². The van der Waals surface area contributed by atoms with Crippen molar-refractivity contribution in [1.29, 1.82) is 0 Å². The number of anilines is 1. The van der Waals surface area contributed by atoms with Crippen molar-refractivity contribution in [2.45, 2.75) is 62.1 Å². The average molecular weight is 397 g/mol. The molecule has 1 saturated carbocycles. The van der Waals surface area contributed by atoms with E-state index in [4.69, 9.17) is 0 Å². The standard InChI is InChI=1S/C17H21F2N5O2S/c1-11(15(25)20-12-7-9-14(10-8-12)26-16(18)19)27-17-21-22-23-24(17)13-5-3-2-4-6-13/h7-11,13,16H,2-6H2,1H3,(H,20,25)/t11-/m1/s1. The summed E-state index contributed by atoms with van der Waals surface area (Å²) in [6.45, 7) is -1.11. The lowest BCUT2D eigenvalue weighted by molar-refractivity contribution is -0.115. The van der Waals surface area contributed by atoms with E-state index in [0.717, 1.165) is 25.7 Å². The largest absolute Gasteiger partial charge is 0.435 e. The number of hydrogen-bond acceptors (Lipinski definition) is 6. The minimum Gasteiger partial charge on any atom is -0.435 e. The zero-order chi connectivity index (χ0) is 19.2. The lowest BCUT2D eigenvalue weighted by atomic mass is 9.96. The molecule has 1 aromatic heterocycles. The number of alkyl halides is 2. The second-order valence-corrected chi connectivity index (χ2v) is 7.66. The molecule has 27 heavy (non-hydrogen) atoms. The Morgan fingerprint density at radius 2 is 1.96 bits per heavy atom. The Hall–Kier alpha value is -2.23. The Balaban J connectivity index is 1.57. The maximum Gasteiger partial charge on any atom is 0.387 e. The molecule has 0 radical (unpaired) electrons. The van der Waals surface area contributed by atoms with E-state index in [1.54, 1.807) is 6.92 Å². The number of carbonyl (C=O) groups excluding carboxylic acids is 1. The number of rotatable bonds is 7. The molecule has 1 aromatic carbocycles. The molecule has 1 aliphatic rings. The molecule has 1 fully saturated rings. The van der Waals surface area contributed by atoms with Gasteiger partial charge in [-0.15, -0.1) is 5.10 Å². The summed E-state index contributed by atoms with van der Waals surface area (Å²) >= 11 is 1.30. The number of carbonyl (C=O) groups is 1. The van der Waals surface area contributed by atoms with Gasteiger partial charge in [0.25, 0.3) is 0 Å². The molecule has 1 N–H and O–H groups in total. The number of aromatic nitrogens is 4. The molecule has 0 aliphatic heterocycles. The van der Waals surface area contributed by atoms with E-state index in [9.17, 15) is 13.6 Å². The van der Waals surface area contributed by atoms with Crippen molar-refractivity contribution in [3.63, 3.8) is 0 Å². The predicted molar refractivity (Wildman–Crippen MR) is 97.0 cm³/mol. The maximum absolute atomic E-state index is 12.4. The number of hydrogen-bond donors (Lipinski definition) is 1. The van der Waals surface area contributed by atoms with Crippen LogP contribution in [-0.2, 0) is 4.79 Å². The number of halogens is 2. The molecular formula is C17H21F2N5O2S. The monoisotopic (exact) mass is 397 g/mol. The van der Waals surface area contributed by atoms with E-state index in [2.05, 4.69) is 25.6 Å². The second kappa shape index (κ2) is 9.12. The third-order valence-corrected chi connectivity index (χ3v) is 5.43. The fourth-order valence-corrected chi connectivity index (χ4v) is 3.85. The number of nitrogens with zero attached hydrogens (tertiary/aromatic N) is 4. The van der Waals surface area contributed by atoms with Crippen LogP contribution in [0.2, 0.25) is 0 Å².